The maximum atomic E-state index is 12.1. The van der Waals surface area contributed by atoms with E-state index in [1.54, 1.807) is 36.4 Å². The monoisotopic (exact) mass is 367 g/mol. The molecule has 0 heterocycles. The molecule has 0 saturated heterocycles. The topological polar surface area (TPSA) is 64.6 Å². The van der Waals surface area contributed by atoms with Crippen molar-refractivity contribution >= 4 is 40.8 Å². The van der Waals surface area contributed by atoms with Gasteiger partial charge in [0, 0.05) is 15.7 Å². The van der Waals surface area contributed by atoms with Crippen molar-refractivity contribution < 1.29 is 19.1 Å². The van der Waals surface area contributed by atoms with Crippen LogP contribution in [0.1, 0.15) is 17.3 Å². The summed E-state index contributed by atoms with van der Waals surface area (Å²) >= 11 is 11.7. The molecule has 0 aliphatic carbocycles. The summed E-state index contributed by atoms with van der Waals surface area (Å²) in [5.74, 6) is -0.597. The van der Waals surface area contributed by atoms with Crippen LogP contribution in [0.5, 0.6) is 5.75 Å². The molecule has 0 saturated carbocycles. The Morgan fingerprint density at radius 2 is 1.75 bits per heavy atom. The van der Waals surface area contributed by atoms with E-state index in [4.69, 9.17) is 32.7 Å². The lowest BCUT2D eigenvalue weighted by Crippen LogP contribution is -2.30. The van der Waals surface area contributed by atoms with Gasteiger partial charge in [0.2, 0.25) is 0 Å². The van der Waals surface area contributed by atoms with Crippen molar-refractivity contribution in [2.75, 3.05) is 12.4 Å². The minimum atomic E-state index is -0.999. The molecule has 0 spiro atoms. The fourth-order valence-corrected chi connectivity index (χ4v) is 2.43. The summed E-state index contributed by atoms with van der Waals surface area (Å²) in [7, 11) is 1.50. The van der Waals surface area contributed by atoms with Crippen molar-refractivity contribution in [2.45, 2.75) is 13.0 Å². The zero-order valence-electron chi connectivity index (χ0n) is 13.0. The van der Waals surface area contributed by atoms with E-state index in [1.807, 2.05) is 0 Å². The molecule has 0 radical (unpaired) electrons. The molecule has 0 unspecified atom stereocenters. The normalized spacial score (nSPS) is 11.5. The summed E-state index contributed by atoms with van der Waals surface area (Å²) in [6, 6.07) is 11.1. The number of nitrogens with one attached hydrogen (secondary N) is 1. The van der Waals surface area contributed by atoms with Crippen molar-refractivity contribution in [3.05, 3.63) is 58.1 Å². The number of halogens is 2. The molecular formula is C17H15Cl2NO4. The molecule has 126 valence electrons. The average molecular weight is 368 g/mol. The first-order valence-electron chi connectivity index (χ1n) is 7.01. The van der Waals surface area contributed by atoms with E-state index >= 15 is 0 Å². The lowest BCUT2D eigenvalue weighted by atomic mass is 10.2. The third-order valence-corrected chi connectivity index (χ3v) is 3.53. The number of carbonyl (C=O) groups excluding carboxylic acids is 2. The Kier molecular flexibility index (Phi) is 6.06. The number of benzene rings is 2. The van der Waals surface area contributed by atoms with Gasteiger partial charge in [-0.15, -0.1) is 0 Å². The smallest absolute Gasteiger partial charge is 0.339 e. The van der Waals surface area contributed by atoms with Gasteiger partial charge in [-0.3, -0.25) is 4.79 Å². The molecule has 0 aliphatic rings. The van der Waals surface area contributed by atoms with Gasteiger partial charge in [-0.25, -0.2) is 4.79 Å². The van der Waals surface area contributed by atoms with Gasteiger partial charge in [-0.1, -0.05) is 29.3 Å². The summed E-state index contributed by atoms with van der Waals surface area (Å²) < 4.78 is 10.2. The quantitative estimate of drug-likeness (QED) is 0.804. The summed E-state index contributed by atoms with van der Waals surface area (Å²) in [4.78, 5) is 24.2. The van der Waals surface area contributed by atoms with E-state index in [2.05, 4.69) is 5.32 Å². The van der Waals surface area contributed by atoms with E-state index in [1.165, 1.54) is 20.1 Å². The van der Waals surface area contributed by atoms with E-state index < -0.39 is 18.0 Å². The van der Waals surface area contributed by atoms with E-state index in [0.29, 0.717) is 27.0 Å². The van der Waals surface area contributed by atoms with Gasteiger partial charge < -0.3 is 14.8 Å². The summed E-state index contributed by atoms with van der Waals surface area (Å²) in [6.07, 6.45) is -0.999. The van der Waals surface area contributed by atoms with Gasteiger partial charge >= 0.3 is 5.97 Å². The maximum absolute atomic E-state index is 12.1. The van der Waals surface area contributed by atoms with E-state index in [-0.39, 0.29) is 0 Å². The van der Waals surface area contributed by atoms with Crippen LogP contribution in [0.4, 0.5) is 5.69 Å². The predicted molar refractivity (Wildman–Crippen MR) is 93.0 cm³/mol. The van der Waals surface area contributed by atoms with E-state index in [0.717, 1.165) is 0 Å². The van der Waals surface area contributed by atoms with Gasteiger partial charge in [-0.05, 0) is 43.3 Å². The first-order chi connectivity index (χ1) is 11.4. The molecule has 7 heteroatoms. The van der Waals surface area contributed by atoms with Crippen molar-refractivity contribution in [1.82, 2.24) is 0 Å². The molecule has 0 fully saturated rings. The Morgan fingerprint density at radius 1 is 1.08 bits per heavy atom. The van der Waals surface area contributed by atoms with Gasteiger partial charge in [0.25, 0.3) is 5.91 Å². The molecule has 2 rings (SSSR count). The number of ether oxygens (including phenoxy) is 2. The van der Waals surface area contributed by atoms with Crippen LogP contribution >= 0.6 is 23.2 Å². The molecule has 24 heavy (non-hydrogen) atoms. The Balaban J connectivity index is 2.01. The fourth-order valence-electron chi connectivity index (χ4n) is 1.90. The number of hydrogen-bond donors (Lipinski definition) is 1. The highest BCUT2D eigenvalue weighted by Gasteiger charge is 2.19. The van der Waals surface area contributed by atoms with Gasteiger partial charge in [-0.2, -0.15) is 0 Å². The van der Waals surface area contributed by atoms with Gasteiger partial charge in [0.15, 0.2) is 6.10 Å². The molecule has 0 bridgehead atoms. The number of methoxy groups -OCH3 is 1. The first-order valence-corrected chi connectivity index (χ1v) is 7.76. The number of hydrogen-bond acceptors (Lipinski definition) is 4. The second-order valence-corrected chi connectivity index (χ2v) is 5.80. The molecule has 1 N–H and O–H groups in total. The zero-order chi connectivity index (χ0) is 17.7. The van der Waals surface area contributed by atoms with Gasteiger partial charge in [0.1, 0.15) is 5.75 Å². The number of esters is 1. The average Bonchev–Trinajstić information content (AvgIpc) is 2.53. The van der Waals surface area contributed by atoms with Crippen LogP contribution in [-0.4, -0.2) is 25.1 Å². The van der Waals surface area contributed by atoms with Crippen molar-refractivity contribution in [3.8, 4) is 5.75 Å². The Morgan fingerprint density at radius 3 is 2.38 bits per heavy atom. The second-order valence-electron chi connectivity index (χ2n) is 4.93. The Labute approximate surface area is 149 Å². The lowest BCUT2D eigenvalue weighted by molar-refractivity contribution is -0.123. The highest BCUT2D eigenvalue weighted by Crippen LogP contribution is 2.22. The van der Waals surface area contributed by atoms with Crippen LogP contribution in [0.15, 0.2) is 42.5 Å². The number of carbonyl (C=O) groups is 2. The summed E-state index contributed by atoms with van der Waals surface area (Å²) in [5.41, 5.74) is 0.710. The third-order valence-electron chi connectivity index (χ3n) is 3.09. The minimum absolute atomic E-state index is 0.291. The van der Waals surface area contributed by atoms with Crippen molar-refractivity contribution in [2.24, 2.45) is 0 Å². The standard InChI is InChI=1S/C17H15Cl2NO4/c1-10(16(21)20-14-8-12(18)7-13(19)9-14)24-17(22)11-4-3-5-15(6-11)23-2/h3-10H,1-2H3,(H,20,21)/t10-/m1/s1. The molecule has 2 aromatic carbocycles. The molecule has 1 amide bonds. The Hall–Kier alpha value is -2.24. The lowest BCUT2D eigenvalue weighted by Gasteiger charge is -2.14. The minimum Gasteiger partial charge on any atom is -0.497 e. The highest BCUT2D eigenvalue weighted by molar-refractivity contribution is 6.35. The zero-order valence-corrected chi connectivity index (χ0v) is 14.5. The second kappa shape index (κ2) is 8.04. The molecule has 0 aliphatic heterocycles. The maximum Gasteiger partial charge on any atom is 0.339 e. The predicted octanol–water partition coefficient (Wildman–Crippen LogP) is 4.19. The first kappa shape index (κ1) is 18.1. The number of amides is 1. The van der Waals surface area contributed by atoms with Crippen LogP contribution in [0, 0.1) is 0 Å². The molecule has 0 aromatic heterocycles. The largest absolute Gasteiger partial charge is 0.497 e. The van der Waals surface area contributed by atoms with Crippen LogP contribution in [0.2, 0.25) is 10.0 Å². The van der Waals surface area contributed by atoms with Crippen molar-refractivity contribution in [3.63, 3.8) is 0 Å². The summed E-state index contributed by atoms with van der Waals surface area (Å²) in [5, 5.41) is 3.37. The Bertz CT molecular complexity index is 744. The molecular weight excluding hydrogens is 353 g/mol. The molecule has 5 nitrogen and oxygen atoms in total. The highest BCUT2D eigenvalue weighted by atomic mass is 35.5. The number of rotatable bonds is 5. The molecule has 2 aromatic rings. The third kappa shape index (κ3) is 4.88. The van der Waals surface area contributed by atoms with Crippen LogP contribution in [0.25, 0.3) is 0 Å². The van der Waals surface area contributed by atoms with Crippen LogP contribution < -0.4 is 10.1 Å². The van der Waals surface area contributed by atoms with Crippen LogP contribution in [-0.2, 0) is 9.53 Å². The van der Waals surface area contributed by atoms with Crippen molar-refractivity contribution in [1.29, 1.82) is 0 Å². The fraction of sp³-hybridized carbons (Fsp3) is 0.176. The number of anilines is 1. The SMILES string of the molecule is COc1cccc(C(=O)O[C@H](C)C(=O)Nc2cc(Cl)cc(Cl)c2)c1. The van der Waals surface area contributed by atoms with Crippen LogP contribution in [0.3, 0.4) is 0 Å². The van der Waals surface area contributed by atoms with Gasteiger partial charge in [0.05, 0.1) is 12.7 Å². The summed E-state index contributed by atoms with van der Waals surface area (Å²) in [6.45, 7) is 1.47. The van der Waals surface area contributed by atoms with E-state index in [9.17, 15) is 9.59 Å². The molecule has 1 atom stereocenters.